The van der Waals surface area contributed by atoms with Crippen LogP contribution >= 0.6 is 11.8 Å². The van der Waals surface area contributed by atoms with E-state index in [4.69, 9.17) is 0 Å². The average Bonchev–Trinajstić information content (AvgIpc) is 2.32. The highest BCUT2D eigenvalue weighted by atomic mass is 32.2. The van der Waals surface area contributed by atoms with Crippen LogP contribution in [0.15, 0.2) is 11.2 Å². The monoisotopic (exact) mass is 267 g/mol. The van der Waals surface area contributed by atoms with Crippen molar-refractivity contribution in [2.45, 2.75) is 58.2 Å². The number of thioether (sulfide) groups is 1. The summed E-state index contributed by atoms with van der Waals surface area (Å²) in [5.74, 6) is 1.10. The SMILES string of the molecule is CCNC(CC)CCCSc1nc(C)cc(C)n1. The summed E-state index contributed by atoms with van der Waals surface area (Å²) >= 11 is 1.77. The van der Waals surface area contributed by atoms with Crippen molar-refractivity contribution < 1.29 is 0 Å². The zero-order valence-electron chi connectivity index (χ0n) is 12.0. The molecule has 0 bridgehead atoms. The van der Waals surface area contributed by atoms with Crippen molar-refractivity contribution in [1.29, 1.82) is 0 Å². The summed E-state index contributed by atoms with van der Waals surface area (Å²) in [4.78, 5) is 8.89. The van der Waals surface area contributed by atoms with E-state index in [0.717, 1.165) is 28.8 Å². The minimum atomic E-state index is 0.663. The van der Waals surface area contributed by atoms with Gasteiger partial charge in [-0.3, -0.25) is 0 Å². The van der Waals surface area contributed by atoms with Crippen molar-refractivity contribution in [2.75, 3.05) is 12.3 Å². The number of aromatic nitrogens is 2. The first-order valence-corrected chi connectivity index (χ1v) is 7.82. The van der Waals surface area contributed by atoms with Gasteiger partial charge in [-0.25, -0.2) is 9.97 Å². The second-order valence-corrected chi connectivity index (χ2v) is 5.65. The molecule has 0 radical (unpaired) electrons. The predicted octanol–water partition coefficient (Wildman–Crippen LogP) is 3.35. The number of hydrogen-bond donors (Lipinski definition) is 1. The summed E-state index contributed by atoms with van der Waals surface area (Å²) < 4.78 is 0. The van der Waals surface area contributed by atoms with Crippen LogP contribution in [0.2, 0.25) is 0 Å². The Bertz CT molecular complexity index is 335. The third kappa shape index (κ3) is 5.83. The van der Waals surface area contributed by atoms with Gasteiger partial charge in [0.05, 0.1) is 0 Å². The minimum absolute atomic E-state index is 0.663. The lowest BCUT2D eigenvalue weighted by Crippen LogP contribution is -2.28. The highest BCUT2D eigenvalue weighted by Crippen LogP contribution is 2.16. The molecule has 0 fully saturated rings. The Morgan fingerprint density at radius 3 is 2.44 bits per heavy atom. The standard InChI is InChI=1S/C14H25N3S/c1-5-13(15-6-2)8-7-9-18-14-16-11(3)10-12(4)17-14/h10,13,15H,5-9H2,1-4H3. The third-order valence-corrected chi connectivity index (χ3v) is 3.81. The molecule has 0 aliphatic carbocycles. The number of nitrogens with zero attached hydrogens (tertiary/aromatic N) is 2. The van der Waals surface area contributed by atoms with Crippen molar-refractivity contribution in [3.8, 4) is 0 Å². The number of hydrogen-bond acceptors (Lipinski definition) is 4. The second kappa shape index (κ2) is 8.48. The molecule has 0 spiro atoms. The van der Waals surface area contributed by atoms with Gasteiger partial charge >= 0.3 is 0 Å². The highest BCUT2D eigenvalue weighted by Gasteiger charge is 2.05. The average molecular weight is 267 g/mol. The first kappa shape index (κ1) is 15.4. The topological polar surface area (TPSA) is 37.8 Å². The molecule has 0 aliphatic heterocycles. The fourth-order valence-electron chi connectivity index (χ4n) is 1.99. The summed E-state index contributed by atoms with van der Waals surface area (Å²) in [6.07, 6.45) is 3.66. The van der Waals surface area contributed by atoms with Crippen molar-refractivity contribution in [3.05, 3.63) is 17.5 Å². The maximum Gasteiger partial charge on any atom is 0.187 e. The van der Waals surface area contributed by atoms with Crippen LogP contribution in [0.4, 0.5) is 0 Å². The van der Waals surface area contributed by atoms with Crippen molar-refractivity contribution in [3.63, 3.8) is 0 Å². The second-order valence-electron chi connectivity index (χ2n) is 4.59. The van der Waals surface area contributed by atoms with Crippen LogP contribution in [0.5, 0.6) is 0 Å². The zero-order chi connectivity index (χ0) is 13.4. The molecule has 1 N–H and O–H groups in total. The molecule has 1 atom stereocenters. The Kier molecular flexibility index (Phi) is 7.28. The van der Waals surface area contributed by atoms with E-state index < -0.39 is 0 Å². The number of aryl methyl sites for hydroxylation is 2. The lowest BCUT2D eigenvalue weighted by molar-refractivity contribution is 0.477. The van der Waals surface area contributed by atoms with E-state index in [1.165, 1.54) is 19.3 Å². The normalized spacial score (nSPS) is 12.7. The molecule has 0 aromatic carbocycles. The zero-order valence-corrected chi connectivity index (χ0v) is 12.8. The Balaban J connectivity index is 2.28. The molecule has 1 aromatic rings. The summed E-state index contributed by atoms with van der Waals surface area (Å²) in [5, 5.41) is 4.43. The molecule has 1 aromatic heterocycles. The largest absolute Gasteiger partial charge is 0.314 e. The Hall–Kier alpha value is -0.610. The number of nitrogens with one attached hydrogen (secondary N) is 1. The van der Waals surface area contributed by atoms with Crippen molar-refractivity contribution in [2.24, 2.45) is 0 Å². The molecule has 18 heavy (non-hydrogen) atoms. The third-order valence-electron chi connectivity index (χ3n) is 2.88. The van der Waals surface area contributed by atoms with E-state index in [1.807, 2.05) is 19.9 Å². The van der Waals surface area contributed by atoms with Gasteiger partial charge in [0.15, 0.2) is 5.16 Å². The van der Waals surface area contributed by atoms with Gasteiger partial charge in [0.1, 0.15) is 0 Å². The molecule has 3 nitrogen and oxygen atoms in total. The minimum Gasteiger partial charge on any atom is -0.314 e. The molecule has 0 aliphatic rings. The molecule has 4 heteroatoms. The number of rotatable bonds is 8. The lowest BCUT2D eigenvalue weighted by Gasteiger charge is -2.14. The summed E-state index contributed by atoms with van der Waals surface area (Å²) in [6.45, 7) is 9.52. The van der Waals surface area contributed by atoms with Crippen LogP contribution in [0.3, 0.4) is 0 Å². The van der Waals surface area contributed by atoms with Crippen LogP contribution in [-0.4, -0.2) is 28.3 Å². The van der Waals surface area contributed by atoms with Gasteiger partial charge < -0.3 is 5.32 Å². The molecule has 1 rings (SSSR count). The van der Waals surface area contributed by atoms with E-state index in [1.54, 1.807) is 11.8 Å². The van der Waals surface area contributed by atoms with Crippen LogP contribution in [0.1, 0.15) is 44.5 Å². The van der Waals surface area contributed by atoms with Gasteiger partial charge in [-0.05, 0) is 45.7 Å². The maximum absolute atomic E-state index is 4.44. The van der Waals surface area contributed by atoms with E-state index in [2.05, 4.69) is 29.1 Å². The fraction of sp³-hybridized carbons (Fsp3) is 0.714. The van der Waals surface area contributed by atoms with E-state index >= 15 is 0 Å². The molecule has 0 saturated heterocycles. The van der Waals surface area contributed by atoms with Crippen LogP contribution in [0, 0.1) is 13.8 Å². The van der Waals surface area contributed by atoms with Gasteiger partial charge in [0, 0.05) is 23.2 Å². The molecule has 1 heterocycles. The van der Waals surface area contributed by atoms with Crippen LogP contribution in [-0.2, 0) is 0 Å². The Morgan fingerprint density at radius 2 is 1.89 bits per heavy atom. The first-order valence-electron chi connectivity index (χ1n) is 6.84. The molecule has 102 valence electrons. The first-order chi connectivity index (χ1) is 8.65. The summed E-state index contributed by atoms with van der Waals surface area (Å²) in [6, 6.07) is 2.68. The Labute approximate surface area is 115 Å². The van der Waals surface area contributed by atoms with Gasteiger partial charge in [-0.1, -0.05) is 25.6 Å². The predicted molar refractivity (Wildman–Crippen MR) is 79.2 cm³/mol. The van der Waals surface area contributed by atoms with E-state index in [-0.39, 0.29) is 0 Å². The van der Waals surface area contributed by atoms with E-state index in [0.29, 0.717) is 6.04 Å². The molecule has 1 unspecified atom stereocenters. The molecule has 0 saturated carbocycles. The van der Waals surface area contributed by atoms with Gasteiger partial charge in [0.2, 0.25) is 0 Å². The summed E-state index contributed by atoms with van der Waals surface area (Å²) in [7, 11) is 0. The quantitative estimate of drug-likeness (QED) is 0.445. The Morgan fingerprint density at radius 1 is 1.22 bits per heavy atom. The van der Waals surface area contributed by atoms with Crippen molar-refractivity contribution >= 4 is 11.8 Å². The lowest BCUT2D eigenvalue weighted by atomic mass is 10.1. The smallest absolute Gasteiger partial charge is 0.187 e. The van der Waals surface area contributed by atoms with E-state index in [9.17, 15) is 0 Å². The molecular weight excluding hydrogens is 242 g/mol. The fourth-order valence-corrected chi connectivity index (χ4v) is 2.90. The molecule has 0 amide bonds. The van der Waals surface area contributed by atoms with Gasteiger partial charge in [-0.2, -0.15) is 0 Å². The highest BCUT2D eigenvalue weighted by molar-refractivity contribution is 7.99. The van der Waals surface area contributed by atoms with Gasteiger partial charge in [-0.15, -0.1) is 0 Å². The maximum atomic E-state index is 4.44. The van der Waals surface area contributed by atoms with Crippen LogP contribution < -0.4 is 5.32 Å². The van der Waals surface area contributed by atoms with Crippen LogP contribution in [0.25, 0.3) is 0 Å². The van der Waals surface area contributed by atoms with Gasteiger partial charge in [0.25, 0.3) is 0 Å². The van der Waals surface area contributed by atoms with Crippen molar-refractivity contribution in [1.82, 2.24) is 15.3 Å². The molecular formula is C14H25N3S. The summed E-state index contributed by atoms with van der Waals surface area (Å²) in [5.41, 5.74) is 2.12.